The van der Waals surface area contributed by atoms with Crippen LogP contribution in [-0.2, 0) is 17.7 Å². The molecule has 2 saturated heterocycles. The molecule has 3 N–H and O–H groups in total. The predicted molar refractivity (Wildman–Crippen MR) is 120 cm³/mol. The van der Waals surface area contributed by atoms with Crippen molar-refractivity contribution < 1.29 is 4.74 Å². The lowest BCUT2D eigenvalue weighted by Crippen LogP contribution is -2.50. The third-order valence-electron chi connectivity index (χ3n) is 7.60. The Hall–Kier alpha value is -2.71. The smallest absolute Gasteiger partial charge is 0.179 e. The number of nitrogens with two attached hydrogens (primary N) is 1. The van der Waals surface area contributed by atoms with Crippen molar-refractivity contribution in [2.24, 2.45) is 11.1 Å². The van der Waals surface area contributed by atoms with Crippen molar-refractivity contribution in [3.8, 4) is 0 Å². The first kappa shape index (κ1) is 19.0. The summed E-state index contributed by atoms with van der Waals surface area (Å²) in [6, 6.07) is 8.75. The summed E-state index contributed by atoms with van der Waals surface area (Å²) in [7, 11) is 0. The number of fused-ring (bicyclic) bond motifs is 2. The van der Waals surface area contributed by atoms with Crippen LogP contribution in [0.25, 0.3) is 11.2 Å². The van der Waals surface area contributed by atoms with E-state index in [9.17, 15) is 0 Å². The molecular formula is C23H29N7O. The summed E-state index contributed by atoms with van der Waals surface area (Å²) in [4.78, 5) is 14.2. The number of nitrogens with one attached hydrogen (secondary N) is 1. The van der Waals surface area contributed by atoms with Gasteiger partial charge in [-0.3, -0.25) is 5.10 Å². The lowest BCUT2D eigenvalue weighted by Gasteiger charge is -2.41. The zero-order chi connectivity index (χ0) is 21.0. The molecule has 0 aliphatic carbocycles. The summed E-state index contributed by atoms with van der Waals surface area (Å²) in [5.74, 6) is 1.80. The fourth-order valence-electron chi connectivity index (χ4n) is 5.48. The van der Waals surface area contributed by atoms with Crippen LogP contribution in [0.15, 0.2) is 30.5 Å². The van der Waals surface area contributed by atoms with Crippen molar-refractivity contribution in [2.45, 2.75) is 44.9 Å². The van der Waals surface area contributed by atoms with E-state index < -0.39 is 0 Å². The van der Waals surface area contributed by atoms with Crippen molar-refractivity contribution in [3.05, 3.63) is 41.6 Å². The Bertz CT molecular complexity index is 1100. The highest BCUT2D eigenvalue weighted by molar-refractivity contribution is 5.84. The summed E-state index contributed by atoms with van der Waals surface area (Å²) in [6.45, 7) is 6.50. The Morgan fingerprint density at radius 3 is 2.71 bits per heavy atom. The summed E-state index contributed by atoms with van der Waals surface area (Å²) >= 11 is 0. The normalized spacial score (nSPS) is 25.4. The lowest BCUT2D eigenvalue weighted by molar-refractivity contribution is 0.0974. The minimum Gasteiger partial charge on any atom is -0.376 e. The number of rotatable bonds is 2. The first-order valence-corrected chi connectivity index (χ1v) is 11.3. The third-order valence-corrected chi connectivity index (χ3v) is 7.60. The summed E-state index contributed by atoms with van der Waals surface area (Å²) in [6.07, 6.45) is 5.12. The van der Waals surface area contributed by atoms with E-state index in [-0.39, 0.29) is 17.6 Å². The first-order valence-electron chi connectivity index (χ1n) is 11.3. The van der Waals surface area contributed by atoms with Gasteiger partial charge in [0.15, 0.2) is 17.0 Å². The minimum absolute atomic E-state index is 0.110. The molecule has 8 nitrogen and oxygen atoms in total. The highest BCUT2D eigenvalue weighted by atomic mass is 16.5. The van der Waals surface area contributed by atoms with Crippen LogP contribution in [-0.4, -0.2) is 58.6 Å². The maximum atomic E-state index is 6.46. The maximum Gasteiger partial charge on any atom is 0.179 e. The molecule has 162 valence electrons. The number of ether oxygens (including phenoxy) is 1. The van der Waals surface area contributed by atoms with Crippen LogP contribution in [0.4, 0.5) is 11.6 Å². The van der Waals surface area contributed by atoms with Crippen LogP contribution >= 0.6 is 0 Å². The zero-order valence-electron chi connectivity index (χ0n) is 17.9. The van der Waals surface area contributed by atoms with Crippen LogP contribution in [0.3, 0.4) is 0 Å². The predicted octanol–water partition coefficient (Wildman–Crippen LogP) is 2.25. The number of hydrogen-bond acceptors (Lipinski definition) is 7. The molecule has 1 spiro atoms. The second kappa shape index (κ2) is 7.17. The number of anilines is 2. The van der Waals surface area contributed by atoms with Crippen LogP contribution in [0.1, 0.15) is 30.9 Å². The van der Waals surface area contributed by atoms with E-state index in [1.165, 1.54) is 11.1 Å². The van der Waals surface area contributed by atoms with Gasteiger partial charge in [0.1, 0.15) is 5.82 Å². The monoisotopic (exact) mass is 419 g/mol. The van der Waals surface area contributed by atoms with Crippen molar-refractivity contribution >= 4 is 22.8 Å². The molecule has 6 rings (SSSR count). The van der Waals surface area contributed by atoms with Gasteiger partial charge in [0.25, 0.3) is 0 Å². The van der Waals surface area contributed by atoms with Crippen LogP contribution in [0, 0.1) is 5.41 Å². The van der Waals surface area contributed by atoms with E-state index in [0.717, 1.165) is 74.8 Å². The number of aromatic nitrogens is 4. The van der Waals surface area contributed by atoms with Crippen molar-refractivity contribution in [1.29, 1.82) is 0 Å². The van der Waals surface area contributed by atoms with Gasteiger partial charge in [-0.25, -0.2) is 9.97 Å². The van der Waals surface area contributed by atoms with E-state index in [4.69, 9.17) is 20.4 Å². The Labute approximate surface area is 181 Å². The Kier molecular flexibility index (Phi) is 4.40. The van der Waals surface area contributed by atoms with E-state index in [2.05, 4.69) is 51.2 Å². The fraction of sp³-hybridized carbons (Fsp3) is 0.522. The molecule has 8 heteroatoms. The molecule has 0 unspecified atom stereocenters. The van der Waals surface area contributed by atoms with Crippen molar-refractivity contribution in [2.75, 3.05) is 36.0 Å². The molecule has 5 heterocycles. The number of aromatic amines is 1. The van der Waals surface area contributed by atoms with Crippen LogP contribution in [0.5, 0.6) is 0 Å². The van der Waals surface area contributed by atoms with Gasteiger partial charge in [-0.2, -0.15) is 5.10 Å². The van der Waals surface area contributed by atoms with Gasteiger partial charge in [0, 0.05) is 37.6 Å². The van der Waals surface area contributed by atoms with E-state index >= 15 is 0 Å². The van der Waals surface area contributed by atoms with Gasteiger partial charge >= 0.3 is 0 Å². The SMILES string of the molecule is C[C@@H]1OCC2(CCN(c3cnc4c(N5CCc6ccccc6C5)n[nH]c4n3)CC2)[C@@H]1N. The molecule has 3 aliphatic heterocycles. The molecule has 0 bridgehead atoms. The molecule has 3 aliphatic rings. The maximum absolute atomic E-state index is 6.46. The topological polar surface area (TPSA) is 96.2 Å². The number of benzene rings is 1. The van der Waals surface area contributed by atoms with E-state index in [1.807, 2.05) is 6.20 Å². The minimum atomic E-state index is 0.110. The third kappa shape index (κ3) is 3.08. The molecule has 3 aromatic rings. The molecule has 2 fully saturated rings. The highest BCUT2D eigenvalue weighted by Gasteiger charge is 2.47. The molecule has 0 saturated carbocycles. The second-order valence-corrected chi connectivity index (χ2v) is 9.30. The van der Waals surface area contributed by atoms with Gasteiger partial charge in [0.05, 0.1) is 18.9 Å². The molecule has 1 aromatic carbocycles. The average Bonchev–Trinajstić information content (AvgIpc) is 3.36. The quantitative estimate of drug-likeness (QED) is 0.658. The Morgan fingerprint density at radius 2 is 1.94 bits per heavy atom. The molecule has 2 aromatic heterocycles. The Morgan fingerprint density at radius 1 is 1.13 bits per heavy atom. The number of nitrogens with zero attached hydrogens (tertiary/aromatic N) is 5. The highest BCUT2D eigenvalue weighted by Crippen LogP contribution is 2.41. The van der Waals surface area contributed by atoms with Gasteiger partial charge in [-0.15, -0.1) is 0 Å². The van der Waals surface area contributed by atoms with Crippen molar-refractivity contribution in [3.63, 3.8) is 0 Å². The van der Waals surface area contributed by atoms with Gasteiger partial charge in [-0.05, 0) is 37.3 Å². The van der Waals surface area contributed by atoms with Crippen molar-refractivity contribution in [1.82, 2.24) is 20.2 Å². The number of hydrogen-bond donors (Lipinski definition) is 2. The summed E-state index contributed by atoms with van der Waals surface area (Å²) in [5, 5.41) is 7.70. The standard InChI is InChI=1S/C23H29N7O/c1-15-20(24)23(14-31-15)7-10-29(11-8-23)18-12-25-19-21(26-18)27-28-22(19)30-9-6-16-4-2-3-5-17(16)13-30/h2-5,12,15,20H,6-11,13-14,24H2,1H3,(H,26,27,28)/t15-,20+/m0/s1. The fourth-order valence-corrected chi connectivity index (χ4v) is 5.48. The van der Waals surface area contributed by atoms with Crippen LogP contribution in [0.2, 0.25) is 0 Å². The van der Waals surface area contributed by atoms with Gasteiger partial charge < -0.3 is 20.3 Å². The lowest BCUT2D eigenvalue weighted by atomic mass is 9.73. The molecule has 0 amide bonds. The Balaban J connectivity index is 1.20. The zero-order valence-corrected chi connectivity index (χ0v) is 17.9. The molecule has 31 heavy (non-hydrogen) atoms. The summed E-state index contributed by atoms with van der Waals surface area (Å²) in [5.41, 5.74) is 11.0. The molecule has 2 atom stereocenters. The molecular weight excluding hydrogens is 390 g/mol. The van der Waals surface area contributed by atoms with Crippen LogP contribution < -0.4 is 15.5 Å². The summed E-state index contributed by atoms with van der Waals surface area (Å²) < 4.78 is 5.85. The van der Waals surface area contributed by atoms with E-state index in [0.29, 0.717) is 0 Å². The number of piperidine rings is 1. The first-order chi connectivity index (χ1) is 15.1. The van der Waals surface area contributed by atoms with E-state index in [1.54, 1.807) is 0 Å². The van der Waals surface area contributed by atoms with Gasteiger partial charge in [0.2, 0.25) is 0 Å². The molecule has 0 radical (unpaired) electrons. The van der Waals surface area contributed by atoms with Gasteiger partial charge in [-0.1, -0.05) is 24.3 Å². The average molecular weight is 420 g/mol. The number of H-pyrrole nitrogens is 1. The largest absolute Gasteiger partial charge is 0.376 e. The second-order valence-electron chi connectivity index (χ2n) is 9.30.